The molecule has 0 bridgehead atoms. The summed E-state index contributed by atoms with van der Waals surface area (Å²) in [6.45, 7) is 4.19. The van der Waals surface area contributed by atoms with E-state index in [9.17, 15) is 0 Å². The number of hydrogen-bond donors (Lipinski definition) is 2. The normalized spacial score (nSPS) is 11.4. The number of halogens is 1. The highest BCUT2D eigenvalue weighted by atomic mass is 127. The van der Waals surface area contributed by atoms with E-state index in [4.69, 9.17) is 0 Å². The molecule has 2 nitrogen and oxygen atoms in total. The highest BCUT2D eigenvalue weighted by Crippen LogP contribution is 2.14. The first-order valence-corrected chi connectivity index (χ1v) is 8.99. The quantitative estimate of drug-likeness (QED) is 0.366. The van der Waals surface area contributed by atoms with E-state index in [1.54, 1.807) is 0 Å². The van der Waals surface area contributed by atoms with Crippen LogP contribution in [0.2, 0.25) is 0 Å². The first-order valence-electron chi connectivity index (χ1n) is 7.91. The van der Waals surface area contributed by atoms with Crippen molar-refractivity contribution in [2.75, 3.05) is 5.32 Å². The van der Waals surface area contributed by atoms with E-state index in [2.05, 4.69) is 120 Å². The van der Waals surface area contributed by atoms with E-state index < -0.39 is 0 Å². The molecular formula is C21H20IN2+. The molecule has 0 atom stereocenters. The van der Waals surface area contributed by atoms with Crippen molar-refractivity contribution in [1.82, 2.24) is 0 Å². The average molecular weight is 427 g/mol. The maximum atomic E-state index is 3.53. The summed E-state index contributed by atoms with van der Waals surface area (Å²) in [4.78, 5) is 3.53. The molecule has 0 unspecified atom stereocenters. The van der Waals surface area contributed by atoms with Crippen LogP contribution in [-0.4, -0.2) is 5.84 Å². The summed E-state index contributed by atoms with van der Waals surface area (Å²) in [5, 5.41) is 3.53. The van der Waals surface area contributed by atoms with Gasteiger partial charge in [-0.3, -0.25) is 0 Å². The number of aryl methyl sites for hydroxylation is 2. The molecule has 3 aromatic rings. The van der Waals surface area contributed by atoms with Crippen LogP contribution in [0.1, 0.15) is 16.7 Å². The molecule has 3 rings (SSSR count). The Labute approximate surface area is 156 Å². The zero-order valence-corrected chi connectivity index (χ0v) is 16.0. The first kappa shape index (κ1) is 16.7. The Hall–Kier alpha value is -2.14. The summed E-state index contributed by atoms with van der Waals surface area (Å²) in [5.41, 5.74) is 5.79. The second-order valence-corrected chi connectivity index (χ2v) is 7.00. The van der Waals surface area contributed by atoms with Crippen LogP contribution >= 0.6 is 22.6 Å². The Bertz CT molecular complexity index is 850. The maximum absolute atomic E-state index is 3.53. The third-order valence-electron chi connectivity index (χ3n) is 3.79. The van der Waals surface area contributed by atoms with Crippen LogP contribution in [0.3, 0.4) is 0 Å². The van der Waals surface area contributed by atoms with Gasteiger partial charge in [0.25, 0.3) is 5.84 Å². The fraction of sp³-hybridized carbons (Fsp3) is 0.0952. The smallest absolute Gasteiger partial charge is 0.240 e. The van der Waals surface area contributed by atoms with Gasteiger partial charge in [-0.15, -0.1) is 0 Å². The summed E-state index contributed by atoms with van der Waals surface area (Å²) in [5.74, 6) is 0.979. The lowest BCUT2D eigenvalue weighted by molar-refractivity contribution is -0.353. The molecule has 3 aromatic carbocycles. The van der Waals surface area contributed by atoms with Crippen LogP contribution in [0.4, 0.5) is 11.4 Å². The monoisotopic (exact) mass is 427 g/mol. The minimum absolute atomic E-state index is 0.979. The fourth-order valence-corrected chi connectivity index (χ4v) is 3.05. The molecule has 0 aliphatic rings. The Morgan fingerprint density at radius 1 is 0.792 bits per heavy atom. The van der Waals surface area contributed by atoms with Gasteiger partial charge < -0.3 is 0 Å². The number of rotatable bonds is 3. The van der Waals surface area contributed by atoms with Crippen LogP contribution in [0, 0.1) is 17.4 Å². The summed E-state index contributed by atoms with van der Waals surface area (Å²) in [6, 6.07) is 25.2. The average Bonchev–Trinajstić information content (AvgIpc) is 2.59. The van der Waals surface area contributed by atoms with Crippen LogP contribution in [0.15, 0.2) is 72.8 Å². The lowest BCUT2D eigenvalue weighted by Crippen LogP contribution is -2.69. The van der Waals surface area contributed by atoms with Gasteiger partial charge in [0, 0.05) is 3.57 Å². The second kappa shape index (κ2) is 7.62. The van der Waals surface area contributed by atoms with Crippen molar-refractivity contribution in [1.29, 1.82) is 0 Å². The van der Waals surface area contributed by atoms with Crippen molar-refractivity contribution in [2.45, 2.75) is 13.8 Å². The van der Waals surface area contributed by atoms with Gasteiger partial charge in [0.15, 0.2) is 0 Å². The molecular weight excluding hydrogens is 407 g/mol. The predicted molar refractivity (Wildman–Crippen MR) is 110 cm³/mol. The standard InChI is InChI=1S/C21H19IN2/c1-15-7-11-17(12-8-15)23-21(19-5-3-4-6-20(19)22)24-18-13-9-16(2)10-14-18/h3-14H,1-2H3,(H,23,24)/p+1. The molecule has 0 saturated heterocycles. The van der Waals surface area contributed by atoms with Gasteiger partial charge >= 0.3 is 0 Å². The highest BCUT2D eigenvalue weighted by molar-refractivity contribution is 14.1. The number of benzene rings is 3. The van der Waals surface area contributed by atoms with Crippen LogP contribution in [-0.2, 0) is 0 Å². The first-order chi connectivity index (χ1) is 11.6. The highest BCUT2D eigenvalue weighted by Gasteiger charge is 2.15. The molecule has 0 saturated carbocycles. The number of nitrogens with one attached hydrogen (secondary N) is 2. The van der Waals surface area contributed by atoms with Gasteiger partial charge in [0.2, 0.25) is 0 Å². The molecule has 0 aromatic heterocycles. The summed E-state index contributed by atoms with van der Waals surface area (Å²) >= 11 is 2.37. The third-order valence-corrected chi connectivity index (χ3v) is 4.73. The second-order valence-electron chi connectivity index (χ2n) is 5.84. The Morgan fingerprint density at radius 2 is 1.38 bits per heavy atom. The zero-order valence-electron chi connectivity index (χ0n) is 13.8. The van der Waals surface area contributed by atoms with Crippen molar-refractivity contribution < 1.29 is 4.99 Å². The largest absolute Gasteiger partial charge is 0.286 e. The zero-order chi connectivity index (χ0) is 16.9. The molecule has 2 N–H and O–H groups in total. The molecule has 120 valence electrons. The van der Waals surface area contributed by atoms with E-state index in [0.29, 0.717) is 0 Å². The summed E-state index contributed by atoms with van der Waals surface area (Å²) in [7, 11) is 0. The van der Waals surface area contributed by atoms with Gasteiger partial charge in [-0.05, 0) is 72.8 Å². The number of hydrogen-bond acceptors (Lipinski definition) is 0. The van der Waals surface area contributed by atoms with Gasteiger partial charge in [0.05, 0.1) is 5.56 Å². The molecule has 0 heterocycles. The van der Waals surface area contributed by atoms with E-state index >= 15 is 0 Å². The molecule has 0 radical (unpaired) electrons. The Morgan fingerprint density at radius 3 is 2.00 bits per heavy atom. The molecule has 0 aliphatic carbocycles. The molecule has 0 amide bonds. The van der Waals surface area contributed by atoms with Gasteiger partial charge in [-0.25, -0.2) is 10.3 Å². The van der Waals surface area contributed by atoms with Crippen molar-refractivity contribution in [3.63, 3.8) is 0 Å². The molecule has 0 aliphatic heterocycles. The van der Waals surface area contributed by atoms with Crippen LogP contribution in [0.5, 0.6) is 0 Å². The third kappa shape index (κ3) is 4.23. The number of anilines is 1. The lowest BCUT2D eigenvalue weighted by Gasteiger charge is -2.06. The van der Waals surface area contributed by atoms with E-state index in [1.165, 1.54) is 14.7 Å². The number of amidine groups is 1. The maximum Gasteiger partial charge on any atom is 0.286 e. The van der Waals surface area contributed by atoms with Gasteiger partial charge in [0.1, 0.15) is 11.4 Å². The fourth-order valence-electron chi connectivity index (χ4n) is 2.39. The topological polar surface area (TPSA) is 26.0 Å². The summed E-state index contributed by atoms with van der Waals surface area (Å²) < 4.78 is 1.20. The van der Waals surface area contributed by atoms with Crippen LogP contribution in [0.25, 0.3) is 0 Å². The van der Waals surface area contributed by atoms with Crippen molar-refractivity contribution in [3.8, 4) is 0 Å². The Balaban J connectivity index is 2.01. The van der Waals surface area contributed by atoms with Crippen molar-refractivity contribution >= 4 is 39.8 Å². The molecule has 0 spiro atoms. The minimum atomic E-state index is 0.979. The van der Waals surface area contributed by atoms with Crippen molar-refractivity contribution in [3.05, 3.63) is 93.1 Å². The van der Waals surface area contributed by atoms with Gasteiger partial charge in [-0.2, -0.15) is 0 Å². The Kier molecular flexibility index (Phi) is 5.30. The van der Waals surface area contributed by atoms with E-state index in [-0.39, 0.29) is 0 Å². The van der Waals surface area contributed by atoms with Crippen LogP contribution < -0.4 is 10.3 Å². The minimum Gasteiger partial charge on any atom is -0.240 e. The lowest BCUT2D eigenvalue weighted by atomic mass is 10.1. The summed E-state index contributed by atoms with van der Waals surface area (Å²) in [6.07, 6.45) is 0. The SMILES string of the molecule is Cc1ccc(NC(=[NH+]c2ccc(C)cc2)c2ccccc2I)cc1. The van der Waals surface area contributed by atoms with Crippen molar-refractivity contribution in [2.24, 2.45) is 0 Å². The predicted octanol–water partition coefficient (Wildman–Crippen LogP) is 4.18. The van der Waals surface area contributed by atoms with E-state index in [1.807, 2.05) is 0 Å². The molecule has 24 heavy (non-hydrogen) atoms. The molecule has 3 heteroatoms. The molecule has 0 fully saturated rings. The van der Waals surface area contributed by atoms with Gasteiger partial charge in [-0.1, -0.05) is 47.5 Å². The van der Waals surface area contributed by atoms with E-state index in [0.717, 1.165) is 22.8 Å².